The fourth-order valence-corrected chi connectivity index (χ4v) is 4.35. The highest BCUT2D eigenvalue weighted by molar-refractivity contribution is 7.89. The molecule has 0 saturated carbocycles. The molecule has 29 heavy (non-hydrogen) atoms. The number of nitrogens with one attached hydrogen (secondary N) is 1. The SMILES string of the molecule is CCOCc1ccc(CNC(=O)c2ccc(F)c(S(=O)(=O)N(CC)CC)c2)cc1. The molecular formula is C21H27FN2O4S. The summed E-state index contributed by atoms with van der Waals surface area (Å²) < 4.78 is 45.9. The van der Waals surface area contributed by atoms with Gasteiger partial charge in [-0.1, -0.05) is 38.1 Å². The number of sulfonamides is 1. The van der Waals surface area contributed by atoms with E-state index in [1.807, 2.05) is 31.2 Å². The third-order valence-electron chi connectivity index (χ3n) is 4.47. The van der Waals surface area contributed by atoms with E-state index in [4.69, 9.17) is 4.74 Å². The standard InChI is InChI=1S/C21H27FN2O4S/c1-4-24(5-2)29(26,27)20-13-18(11-12-19(20)22)21(25)23-14-16-7-9-17(10-8-16)15-28-6-3/h7-13H,4-6,14-15H2,1-3H3,(H,23,25). The minimum absolute atomic E-state index is 0.0881. The van der Waals surface area contributed by atoms with Crippen LogP contribution in [0.4, 0.5) is 4.39 Å². The molecule has 0 aliphatic carbocycles. The molecule has 0 saturated heterocycles. The Labute approximate surface area is 171 Å². The van der Waals surface area contributed by atoms with Crippen LogP contribution in [-0.4, -0.2) is 38.3 Å². The molecule has 0 radical (unpaired) electrons. The first-order valence-electron chi connectivity index (χ1n) is 9.56. The van der Waals surface area contributed by atoms with Crippen LogP contribution in [0.5, 0.6) is 0 Å². The van der Waals surface area contributed by atoms with Crippen molar-refractivity contribution in [3.63, 3.8) is 0 Å². The molecule has 0 aromatic heterocycles. The molecule has 2 rings (SSSR count). The predicted octanol–water partition coefficient (Wildman–Crippen LogP) is 3.32. The summed E-state index contributed by atoms with van der Waals surface area (Å²) in [5.41, 5.74) is 2.01. The van der Waals surface area contributed by atoms with E-state index < -0.39 is 26.6 Å². The van der Waals surface area contributed by atoms with E-state index in [0.29, 0.717) is 13.2 Å². The molecular weight excluding hydrogens is 395 g/mol. The maximum atomic E-state index is 14.2. The van der Waals surface area contributed by atoms with Crippen molar-refractivity contribution in [2.75, 3.05) is 19.7 Å². The third-order valence-corrected chi connectivity index (χ3v) is 6.53. The van der Waals surface area contributed by atoms with Gasteiger partial charge in [0.05, 0.1) is 6.61 Å². The van der Waals surface area contributed by atoms with Crippen molar-refractivity contribution in [3.05, 3.63) is 65.0 Å². The summed E-state index contributed by atoms with van der Waals surface area (Å²) in [5, 5.41) is 2.73. The quantitative estimate of drug-likeness (QED) is 0.637. The molecule has 6 nitrogen and oxygen atoms in total. The Morgan fingerprint density at radius 3 is 2.24 bits per heavy atom. The zero-order chi connectivity index (χ0) is 21.4. The normalized spacial score (nSPS) is 11.6. The number of amides is 1. The molecule has 0 atom stereocenters. The number of carbonyl (C=O) groups excluding carboxylic acids is 1. The zero-order valence-corrected chi connectivity index (χ0v) is 17.8. The molecule has 8 heteroatoms. The lowest BCUT2D eigenvalue weighted by Gasteiger charge is -2.19. The number of carbonyl (C=O) groups is 1. The van der Waals surface area contributed by atoms with E-state index >= 15 is 0 Å². The summed E-state index contributed by atoms with van der Waals surface area (Å²) in [4.78, 5) is 12.0. The summed E-state index contributed by atoms with van der Waals surface area (Å²) in [5.74, 6) is -1.35. The van der Waals surface area contributed by atoms with Crippen LogP contribution in [-0.2, 0) is 27.9 Å². The molecule has 2 aromatic rings. The minimum atomic E-state index is -4.00. The van der Waals surface area contributed by atoms with Gasteiger partial charge >= 0.3 is 0 Å². The fourth-order valence-electron chi connectivity index (χ4n) is 2.80. The Balaban J connectivity index is 2.12. The van der Waals surface area contributed by atoms with Gasteiger partial charge in [0, 0.05) is 31.8 Å². The monoisotopic (exact) mass is 422 g/mol. The highest BCUT2D eigenvalue weighted by Crippen LogP contribution is 2.21. The number of hydrogen-bond acceptors (Lipinski definition) is 4. The number of benzene rings is 2. The summed E-state index contributed by atoms with van der Waals surface area (Å²) in [6, 6.07) is 11.0. The zero-order valence-electron chi connectivity index (χ0n) is 16.9. The van der Waals surface area contributed by atoms with Crippen molar-refractivity contribution in [3.8, 4) is 0 Å². The van der Waals surface area contributed by atoms with E-state index in [1.165, 1.54) is 6.07 Å². The average Bonchev–Trinajstić information content (AvgIpc) is 2.72. The molecule has 0 spiro atoms. The van der Waals surface area contributed by atoms with Crippen molar-refractivity contribution >= 4 is 15.9 Å². The molecule has 0 aliphatic rings. The van der Waals surface area contributed by atoms with E-state index in [-0.39, 0.29) is 25.2 Å². The van der Waals surface area contributed by atoms with Crippen molar-refractivity contribution < 1.29 is 22.3 Å². The van der Waals surface area contributed by atoms with Gasteiger partial charge in [0.15, 0.2) is 0 Å². The molecule has 0 unspecified atom stereocenters. The second kappa shape index (κ2) is 10.5. The molecule has 1 amide bonds. The van der Waals surface area contributed by atoms with E-state index in [0.717, 1.165) is 27.6 Å². The Morgan fingerprint density at radius 2 is 1.66 bits per heavy atom. The Morgan fingerprint density at radius 1 is 1.03 bits per heavy atom. The van der Waals surface area contributed by atoms with Gasteiger partial charge in [0.2, 0.25) is 10.0 Å². The van der Waals surface area contributed by atoms with Crippen LogP contribution in [0.2, 0.25) is 0 Å². The molecule has 0 aliphatic heterocycles. The molecule has 2 aromatic carbocycles. The topological polar surface area (TPSA) is 75.7 Å². The van der Waals surface area contributed by atoms with Crippen LogP contribution in [0, 0.1) is 5.82 Å². The first kappa shape index (κ1) is 23.0. The van der Waals surface area contributed by atoms with Gasteiger partial charge in [-0.3, -0.25) is 4.79 Å². The first-order chi connectivity index (χ1) is 13.8. The average molecular weight is 423 g/mol. The first-order valence-corrected chi connectivity index (χ1v) is 11.0. The van der Waals surface area contributed by atoms with Crippen molar-refractivity contribution in [1.29, 1.82) is 0 Å². The lowest BCUT2D eigenvalue weighted by Crippen LogP contribution is -2.31. The third kappa shape index (κ3) is 5.85. The van der Waals surface area contributed by atoms with Crippen LogP contribution >= 0.6 is 0 Å². The summed E-state index contributed by atoms with van der Waals surface area (Å²) in [7, 11) is -4.00. The number of hydrogen-bond donors (Lipinski definition) is 1. The van der Waals surface area contributed by atoms with Gasteiger partial charge in [0.1, 0.15) is 10.7 Å². The van der Waals surface area contributed by atoms with Crippen LogP contribution in [0.15, 0.2) is 47.4 Å². The Kier molecular flexibility index (Phi) is 8.31. The van der Waals surface area contributed by atoms with Crippen molar-refractivity contribution in [1.82, 2.24) is 9.62 Å². The van der Waals surface area contributed by atoms with Crippen molar-refractivity contribution in [2.45, 2.75) is 38.8 Å². The lowest BCUT2D eigenvalue weighted by atomic mass is 10.1. The smallest absolute Gasteiger partial charge is 0.251 e. The van der Waals surface area contributed by atoms with Crippen LogP contribution in [0.1, 0.15) is 42.3 Å². The maximum Gasteiger partial charge on any atom is 0.251 e. The number of ether oxygens (including phenoxy) is 1. The second-order valence-electron chi connectivity index (χ2n) is 6.37. The maximum absolute atomic E-state index is 14.2. The molecule has 1 N–H and O–H groups in total. The predicted molar refractivity (Wildman–Crippen MR) is 109 cm³/mol. The summed E-state index contributed by atoms with van der Waals surface area (Å²) in [6.45, 7) is 7.15. The Hall–Kier alpha value is -2.29. The van der Waals surface area contributed by atoms with E-state index in [2.05, 4.69) is 5.32 Å². The van der Waals surface area contributed by atoms with Gasteiger partial charge in [0.25, 0.3) is 5.91 Å². The van der Waals surface area contributed by atoms with Gasteiger partial charge in [-0.25, -0.2) is 12.8 Å². The molecule has 0 fully saturated rings. The molecule has 0 heterocycles. The largest absolute Gasteiger partial charge is 0.377 e. The van der Waals surface area contributed by atoms with E-state index in [9.17, 15) is 17.6 Å². The second-order valence-corrected chi connectivity index (χ2v) is 8.28. The van der Waals surface area contributed by atoms with Gasteiger partial charge in [-0.2, -0.15) is 4.31 Å². The number of nitrogens with zero attached hydrogens (tertiary/aromatic N) is 1. The van der Waals surface area contributed by atoms with Crippen LogP contribution in [0.3, 0.4) is 0 Å². The van der Waals surface area contributed by atoms with Gasteiger partial charge in [-0.15, -0.1) is 0 Å². The molecule has 0 bridgehead atoms. The number of halogens is 1. The summed E-state index contributed by atoms with van der Waals surface area (Å²) in [6.07, 6.45) is 0. The lowest BCUT2D eigenvalue weighted by molar-refractivity contribution is 0.0950. The highest BCUT2D eigenvalue weighted by Gasteiger charge is 2.26. The molecule has 158 valence electrons. The van der Waals surface area contributed by atoms with Crippen molar-refractivity contribution in [2.24, 2.45) is 0 Å². The van der Waals surface area contributed by atoms with Crippen LogP contribution < -0.4 is 5.32 Å². The Bertz CT molecular complexity index is 926. The van der Waals surface area contributed by atoms with E-state index in [1.54, 1.807) is 13.8 Å². The fraction of sp³-hybridized carbons (Fsp3) is 0.381. The minimum Gasteiger partial charge on any atom is -0.377 e. The van der Waals surface area contributed by atoms with Gasteiger partial charge in [-0.05, 0) is 36.2 Å². The summed E-state index contributed by atoms with van der Waals surface area (Å²) >= 11 is 0. The van der Waals surface area contributed by atoms with Crippen LogP contribution in [0.25, 0.3) is 0 Å². The number of rotatable bonds is 10. The van der Waals surface area contributed by atoms with Gasteiger partial charge < -0.3 is 10.1 Å². The highest BCUT2D eigenvalue weighted by atomic mass is 32.2.